The molecule has 0 unspecified atom stereocenters. The van der Waals surface area contributed by atoms with Gasteiger partial charge in [-0.1, -0.05) is 18.2 Å². The molecule has 1 aliphatic heterocycles. The van der Waals surface area contributed by atoms with Gasteiger partial charge in [0.25, 0.3) is 0 Å². The van der Waals surface area contributed by atoms with Crippen LogP contribution >= 0.6 is 0 Å². The first-order chi connectivity index (χ1) is 15.5. The van der Waals surface area contributed by atoms with Gasteiger partial charge in [-0.25, -0.2) is 9.59 Å². The summed E-state index contributed by atoms with van der Waals surface area (Å²) in [5, 5.41) is 42.4. The number of esters is 1. The van der Waals surface area contributed by atoms with Crippen LogP contribution in [0.25, 0.3) is 10.9 Å². The van der Waals surface area contributed by atoms with E-state index in [1.54, 1.807) is 27.0 Å². The van der Waals surface area contributed by atoms with Crippen molar-refractivity contribution in [2.75, 3.05) is 6.61 Å². The molecule has 2 aromatic rings. The van der Waals surface area contributed by atoms with Gasteiger partial charge in [0, 0.05) is 23.5 Å². The molecular formula is C22H30N2O9. The van der Waals surface area contributed by atoms with Crippen molar-refractivity contribution in [3.63, 3.8) is 0 Å². The molecule has 11 heteroatoms. The third-order valence-corrected chi connectivity index (χ3v) is 5.15. The number of fused-ring (bicyclic) bond motifs is 1. The Morgan fingerprint density at radius 3 is 2.52 bits per heavy atom. The van der Waals surface area contributed by atoms with Crippen molar-refractivity contribution < 1.29 is 44.2 Å². The second-order valence-electron chi connectivity index (χ2n) is 8.93. The lowest BCUT2D eigenvalue weighted by molar-refractivity contribution is -0.287. The number of aliphatic hydroxyl groups is 4. The quantitative estimate of drug-likeness (QED) is 0.319. The Bertz CT molecular complexity index is 970. The minimum atomic E-state index is -1.76. The van der Waals surface area contributed by atoms with Gasteiger partial charge in [0.2, 0.25) is 0 Å². The number of para-hydroxylation sites is 1. The fourth-order valence-corrected chi connectivity index (χ4v) is 3.50. The van der Waals surface area contributed by atoms with Crippen molar-refractivity contribution in [2.24, 2.45) is 0 Å². The molecule has 2 heterocycles. The topological polar surface area (TPSA) is 171 Å². The van der Waals surface area contributed by atoms with E-state index >= 15 is 0 Å². The zero-order valence-electron chi connectivity index (χ0n) is 18.6. The number of ether oxygens (including phenoxy) is 3. The lowest BCUT2D eigenvalue weighted by Gasteiger charge is -2.38. The molecule has 1 amide bonds. The second kappa shape index (κ2) is 10.1. The van der Waals surface area contributed by atoms with E-state index in [4.69, 9.17) is 14.2 Å². The van der Waals surface area contributed by atoms with Gasteiger partial charge in [-0.15, -0.1) is 0 Å². The monoisotopic (exact) mass is 466 g/mol. The first-order valence-electron chi connectivity index (χ1n) is 10.5. The fourth-order valence-electron chi connectivity index (χ4n) is 3.50. The molecule has 6 N–H and O–H groups in total. The number of carbonyl (C=O) groups is 2. The molecule has 0 aliphatic carbocycles. The zero-order valence-corrected chi connectivity index (χ0v) is 18.6. The number of amides is 1. The Morgan fingerprint density at radius 1 is 1.12 bits per heavy atom. The molecule has 3 rings (SSSR count). The van der Waals surface area contributed by atoms with Gasteiger partial charge in [-0.3, -0.25) is 0 Å². The predicted molar refractivity (Wildman–Crippen MR) is 115 cm³/mol. The number of H-pyrrole nitrogens is 1. The first kappa shape index (κ1) is 24.9. The Hall–Kier alpha value is -2.70. The minimum Gasteiger partial charge on any atom is -0.461 e. The Morgan fingerprint density at radius 2 is 1.82 bits per heavy atom. The summed E-state index contributed by atoms with van der Waals surface area (Å²) in [6.45, 7) is 4.53. The van der Waals surface area contributed by atoms with Crippen molar-refractivity contribution in [3.05, 3.63) is 36.0 Å². The Labute approximate surface area is 190 Å². The van der Waals surface area contributed by atoms with Gasteiger partial charge in [0.05, 0.1) is 0 Å². The number of aromatic nitrogens is 1. The van der Waals surface area contributed by atoms with E-state index in [0.717, 1.165) is 16.5 Å². The van der Waals surface area contributed by atoms with Crippen LogP contribution in [0, 0.1) is 0 Å². The van der Waals surface area contributed by atoms with E-state index in [-0.39, 0.29) is 6.42 Å². The van der Waals surface area contributed by atoms with Crippen molar-refractivity contribution >= 4 is 23.0 Å². The van der Waals surface area contributed by atoms with Crippen LogP contribution in [0.2, 0.25) is 0 Å². The van der Waals surface area contributed by atoms with Crippen LogP contribution in [0.1, 0.15) is 26.3 Å². The summed E-state index contributed by atoms with van der Waals surface area (Å²) in [6.07, 6.45) is -7.01. The average molecular weight is 466 g/mol. The van der Waals surface area contributed by atoms with Crippen LogP contribution in [0.15, 0.2) is 30.5 Å². The third-order valence-electron chi connectivity index (χ3n) is 5.15. The Balaban J connectivity index is 1.72. The molecule has 0 spiro atoms. The van der Waals surface area contributed by atoms with Crippen LogP contribution in [-0.2, 0) is 25.4 Å². The summed E-state index contributed by atoms with van der Waals surface area (Å²) in [5.74, 6) is -0.836. The number of aromatic amines is 1. The van der Waals surface area contributed by atoms with E-state index in [0.29, 0.717) is 0 Å². The van der Waals surface area contributed by atoms with E-state index < -0.39 is 61.0 Å². The molecule has 1 aromatic carbocycles. The first-order valence-corrected chi connectivity index (χ1v) is 10.5. The van der Waals surface area contributed by atoms with E-state index in [9.17, 15) is 30.0 Å². The van der Waals surface area contributed by atoms with Gasteiger partial charge >= 0.3 is 12.1 Å². The van der Waals surface area contributed by atoms with Crippen LogP contribution in [-0.4, -0.2) is 86.4 Å². The smallest absolute Gasteiger partial charge is 0.408 e. The van der Waals surface area contributed by atoms with Gasteiger partial charge in [-0.05, 0) is 32.4 Å². The molecule has 1 aromatic heterocycles. The highest BCUT2D eigenvalue weighted by molar-refractivity contribution is 5.86. The normalized spacial score (nSPS) is 26.6. The van der Waals surface area contributed by atoms with Gasteiger partial charge < -0.3 is 44.9 Å². The summed E-state index contributed by atoms with van der Waals surface area (Å²) < 4.78 is 15.5. The molecule has 33 heavy (non-hydrogen) atoms. The summed E-state index contributed by atoms with van der Waals surface area (Å²) in [6, 6.07) is 6.32. The van der Waals surface area contributed by atoms with Crippen LogP contribution in [0.5, 0.6) is 0 Å². The maximum Gasteiger partial charge on any atom is 0.408 e. The van der Waals surface area contributed by atoms with Crippen LogP contribution in [0.4, 0.5) is 4.79 Å². The minimum absolute atomic E-state index is 0.0835. The number of hydrogen-bond donors (Lipinski definition) is 6. The second-order valence-corrected chi connectivity index (χ2v) is 8.93. The highest BCUT2D eigenvalue weighted by atomic mass is 16.7. The summed E-state index contributed by atoms with van der Waals surface area (Å²) in [5.41, 5.74) is 0.829. The number of carbonyl (C=O) groups excluding carboxylic acids is 2. The molecule has 11 nitrogen and oxygen atoms in total. The summed E-state index contributed by atoms with van der Waals surface area (Å²) >= 11 is 0. The SMILES string of the molecule is CC(C)(C)OC(=O)N[C@@H](Cc1c[nH]c2ccccc12)C(=O)OC[C@@H]1O[C@@H](O)[C@@H](O)[C@H](O)[C@H]1O. The zero-order chi connectivity index (χ0) is 24.3. The molecule has 1 aliphatic rings. The van der Waals surface area contributed by atoms with E-state index in [1.807, 2.05) is 24.3 Å². The number of benzene rings is 1. The van der Waals surface area contributed by atoms with Crippen molar-refractivity contribution in [1.82, 2.24) is 10.3 Å². The molecule has 0 bridgehead atoms. The maximum atomic E-state index is 12.9. The molecule has 1 saturated heterocycles. The third kappa shape index (κ3) is 6.21. The molecule has 0 saturated carbocycles. The number of rotatable bonds is 6. The largest absolute Gasteiger partial charge is 0.461 e. The van der Waals surface area contributed by atoms with Crippen molar-refractivity contribution in [1.29, 1.82) is 0 Å². The maximum absolute atomic E-state index is 12.9. The molecule has 1 fully saturated rings. The molecule has 6 atom stereocenters. The summed E-state index contributed by atoms with van der Waals surface area (Å²) in [4.78, 5) is 28.3. The molecular weight excluding hydrogens is 436 g/mol. The lowest BCUT2D eigenvalue weighted by atomic mass is 9.99. The van der Waals surface area contributed by atoms with Crippen LogP contribution < -0.4 is 5.32 Å². The Kier molecular flexibility index (Phi) is 7.60. The number of alkyl carbamates (subject to hydrolysis) is 1. The van der Waals surface area contributed by atoms with Crippen molar-refractivity contribution in [2.45, 2.75) is 69.5 Å². The van der Waals surface area contributed by atoms with Gasteiger partial charge in [0.15, 0.2) is 6.29 Å². The molecule has 0 radical (unpaired) electrons. The van der Waals surface area contributed by atoms with Gasteiger partial charge in [-0.2, -0.15) is 0 Å². The van der Waals surface area contributed by atoms with E-state index in [1.165, 1.54) is 0 Å². The highest BCUT2D eigenvalue weighted by Gasteiger charge is 2.43. The van der Waals surface area contributed by atoms with Crippen LogP contribution in [0.3, 0.4) is 0 Å². The van der Waals surface area contributed by atoms with Gasteiger partial charge in [0.1, 0.15) is 42.7 Å². The standard InChI is InChI=1S/C22H30N2O9/c1-22(2,3)33-21(30)24-14(8-11-9-23-13-7-5-4-6-12(11)13)19(28)31-10-15-16(25)17(26)18(27)20(29)32-15/h4-7,9,14-18,20,23,25-27,29H,8,10H2,1-3H3,(H,24,30)/t14-,15-,16-,17+,18-,20+/m0/s1. The average Bonchev–Trinajstić information content (AvgIpc) is 3.14. The van der Waals surface area contributed by atoms with Crippen molar-refractivity contribution in [3.8, 4) is 0 Å². The fraction of sp³-hybridized carbons (Fsp3) is 0.545. The summed E-state index contributed by atoms with van der Waals surface area (Å²) in [7, 11) is 0. The highest BCUT2D eigenvalue weighted by Crippen LogP contribution is 2.22. The van der Waals surface area contributed by atoms with E-state index in [2.05, 4.69) is 10.3 Å². The lowest BCUT2D eigenvalue weighted by Crippen LogP contribution is -2.59. The molecule has 182 valence electrons. The number of hydrogen-bond acceptors (Lipinski definition) is 9. The predicted octanol–water partition coefficient (Wildman–Crippen LogP) is -0.0532. The number of aliphatic hydroxyl groups excluding tert-OH is 4. The number of nitrogens with one attached hydrogen (secondary N) is 2.